The Morgan fingerprint density at radius 2 is 2.00 bits per heavy atom. The monoisotopic (exact) mass is 265 g/mol. The SMILES string of the molecule is CC(=O)c1cnccc1CO[Si](C)(C)C(C)(C)C. The number of rotatable bonds is 4. The van der Waals surface area contributed by atoms with Crippen LogP contribution in [0.1, 0.15) is 43.6 Å². The summed E-state index contributed by atoms with van der Waals surface area (Å²) < 4.78 is 6.13. The Balaban J connectivity index is 2.85. The molecule has 0 saturated heterocycles. The molecule has 0 radical (unpaired) electrons. The molecule has 0 atom stereocenters. The van der Waals surface area contributed by atoms with Crippen LogP contribution in [0.25, 0.3) is 0 Å². The molecule has 0 bridgehead atoms. The molecule has 0 aliphatic carbocycles. The van der Waals surface area contributed by atoms with Crippen molar-refractivity contribution >= 4 is 14.1 Å². The van der Waals surface area contributed by atoms with E-state index in [1.54, 1.807) is 19.3 Å². The Morgan fingerprint density at radius 3 is 2.50 bits per heavy atom. The Hall–Kier alpha value is -1.00. The lowest BCUT2D eigenvalue weighted by Gasteiger charge is -2.36. The highest BCUT2D eigenvalue weighted by atomic mass is 28.4. The van der Waals surface area contributed by atoms with Crippen LogP contribution >= 0.6 is 0 Å². The fourth-order valence-electron chi connectivity index (χ4n) is 1.34. The Morgan fingerprint density at radius 1 is 1.39 bits per heavy atom. The third-order valence-electron chi connectivity index (χ3n) is 3.69. The summed E-state index contributed by atoms with van der Waals surface area (Å²) >= 11 is 0. The molecule has 4 heteroatoms. The van der Waals surface area contributed by atoms with Crippen LogP contribution in [0.4, 0.5) is 0 Å². The Labute approximate surface area is 111 Å². The first-order valence-corrected chi connectivity index (χ1v) is 9.14. The number of ketones is 1. The van der Waals surface area contributed by atoms with E-state index in [1.807, 2.05) is 6.07 Å². The van der Waals surface area contributed by atoms with Gasteiger partial charge in [0.1, 0.15) is 0 Å². The van der Waals surface area contributed by atoms with Gasteiger partial charge in [0, 0.05) is 18.0 Å². The van der Waals surface area contributed by atoms with E-state index in [0.29, 0.717) is 12.2 Å². The summed E-state index contributed by atoms with van der Waals surface area (Å²) in [4.78, 5) is 15.5. The quantitative estimate of drug-likeness (QED) is 0.614. The van der Waals surface area contributed by atoms with Crippen LogP contribution < -0.4 is 0 Å². The summed E-state index contributed by atoms with van der Waals surface area (Å²) in [5.74, 6) is 0.0388. The first-order valence-electron chi connectivity index (χ1n) is 6.23. The van der Waals surface area contributed by atoms with Crippen LogP contribution in [0, 0.1) is 0 Å². The van der Waals surface area contributed by atoms with Gasteiger partial charge in [-0.1, -0.05) is 20.8 Å². The fourth-order valence-corrected chi connectivity index (χ4v) is 2.29. The summed E-state index contributed by atoms with van der Waals surface area (Å²) in [7, 11) is -1.78. The maximum atomic E-state index is 11.5. The van der Waals surface area contributed by atoms with Gasteiger partial charge >= 0.3 is 0 Å². The zero-order valence-corrected chi connectivity index (χ0v) is 13.2. The number of hydrogen-bond donors (Lipinski definition) is 0. The second kappa shape index (κ2) is 5.32. The van der Waals surface area contributed by atoms with E-state index in [-0.39, 0.29) is 10.8 Å². The van der Waals surface area contributed by atoms with Gasteiger partial charge in [0.25, 0.3) is 0 Å². The number of pyridine rings is 1. The van der Waals surface area contributed by atoms with Crippen molar-refractivity contribution in [3.05, 3.63) is 29.6 Å². The molecular formula is C14H23NO2Si. The van der Waals surface area contributed by atoms with Gasteiger partial charge in [0.2, 0.25) is 0 Å². The van der Waals surface area contributed by atoms with E-state index in [9.17, 15) is 4.79 Å². The van der Waals surface area contributed by atoms with Crippen molar-refractivity contribution in [1.82, 2.24) is 4.98 Å². The van der Waals surface area contributed by atoms with Crippen molar-refractivity contribution in [2.45, 2.75) is 52.4 Å². The summed E-state index contributed by atoms with van der Waals surface area (Å²) in [6.45, 7) is 13.1. The smallest absolute Gasteiger partial charge is 0.192 e. The molecule has 1 aromatic rings. The molecule has 100 valence electrons. The molecule has 18 heavy (non-hydrogen) atoms. The molecule has 1 heterocycles. The van der Waals surface area contributed by atoms with Gasteiger partial charge in [0.05, 0.1) is 6.61 Å². The van der Waals surface area contributed by atoms with E-state index in [4.69, 9.17) is 4.43 Å². The maximum absolute atomic E-state index is 11.5. The summed E-state index contributed by atoms with van der Waals surface area (Å²) in [6, 6.07) is 1.86. The lowest BCUT2D eigenvalue weighted by molar-refractivity contribution is 0.101. The summed E-state index contributed by atoms with van der Waals surface area (Å²) in [5.41, 5.74) is 1.60. The minimum absolute atomic E-state index is 0.0388. The van der Waals surface area contributed by atoms with Crippen molar-refractivity contribution < 1.29 is 9.22 Å². The summed E-state index contributed by atoms with van der Waals surface area (Å²) in [6.07, 6.45) is 3.32. The average molecular weight is 265 g/mol. The highest BCUT2D eigenvalue weighted by Gasteiger charge is 2.37. The lowest BCUT2D eigenvalue weighted by atomic mass is 10.1. The highest BCUT2D eigenvalue weighted by Crippen LogP contribution is 2.37. The number of carbonyl (C=O) groups excluding carboxylic acids is 1. The molecule has 0 aromatic carbocycles. The number of Topliss-reactive ketones (excluding diaryl/α,β-unsaturated/α-hetero) is 1. The Kier molecular flexibility index (Phi) is 4.45. The molecule has 0 spiro atoms. The normalized spacial score (nSPS) is 12.6. The van der Waals surface area contributed by atoms with E-state index in [1.165, 1.54) is 0 Å². The number of aromatic nitrogens is 1. The van der Waals surface area contributed by atoms with Crippen LogP contribution in [0.3, 0.4) is 0 Å². The second-order valence-electron chi connectivity index (χ2n) is 6.14. The van der Waals surface area contributed by atoms with Gasteiger partial charge in [-0.15, -0.1) is 0 Å². The standard InChI is InChI=1S/C14H23NO2Si/c1-11(16)13-9-15-8-7-12(13)10-17-18(5,6)14(2,3)4/h7-9H,10H2,1-6H3. The van der Waals surface area contributed by atoms with Crippen LogP contribution in [0.2, 0.25) is 18.1 Å². The molecule has 1 aromatic heterocycles. The van der Waals surface area contributed by atoms with Crippen molar-refractivity contribution in [1.29, 1.82) is 0 Å². The van der Waals surface area contributed by atoms with E-state index in [0.717, 1.165) is 5.56 Å². The lowest BCUT2D eigenvalue weighted by Crippen LogP contribution is -2.40. The number of carbonyl (C=O) groups is 1. The molecule has 0 N–H and O–H groups in total. The molecule has 0 aliphatic rings. The van der Waals surface area contributed by atoms with Crippen LogP contribution in [0.5, 0.6) is 0 Å². The first kappa shape index (κ1) is 15.1. The van der Waals surface area contributed by atoms with Crippen molar-refractivity contribution in [2.24, 2.45) is 0 Å². The molecule has 0 unspecified atom stereocenters. The van der Waals surface area contributed by atoms with Crippen molar-refractivity contribution in [3.8, 4) is 0 Å². The van der Waals surface area contributed by atoms with Gasteiger partial charge in [-0.05, 0) is 36.7 Å². The average Bonchev–Trinajstić information content (AvgIpc) is 2.25. The zero-order valence-electron chi connectivity index (χ0n) is 12.2. The topological polar surface area (TPSA) is 39.2 Å². The van der Waals surface area contributed by atoms with E-state index < -0.39 is 8.32 Å². The predicted molar refractivity (Wildman–Crippen MR) is 76.2 cm³/mol. The minimum atomic E-state index is -1.78. The van der Waals surface area contributed by atoms with E-state index >= 15 is 0 Å². The maximum Gasteiger partial charge on any atom is 0.192 e. The van der Waals surface area contributed by atoms with Crippen LogP contribution in [-0.2, 0) is 11.0 Å². The minimum Gasteiger partial charge on any atom is -0.413 e. The molecule has 0 amide bonds. The van der Waals surface area contributed by atoms with Crippen LogP contribution in [-0.4, -0.2) is 19.1 Å². The summed E-state index contributed by atoms with van der Waals surface area (Å²) in [5, 5.41) is 0.177. The molecule has 0 aliphatic heterocycles. The third kappa shape index (κ3) is 3.49. The fraction of sp³-hybridized carbons (Fsp3) is 0.571. The number of nitrogens with zero attached hydrogens (tertiary/aromatic N) is 1. The van der Waals surface area contributed by atoms with Crippen molar-refractivity contribution in [3.63, 3.8) is 0 Å². The van der Waals surface area contributed by atoms with Gasteiger partial charge < -0.3 is 4.43 Å². The molecule has 0 saturated carbocycles. The Bertz CT molecular complexity index is 436. The first-order chi connectivity index (χ1) is 8.15. The van der Waals surface area contributed by atoms with Gasteiger partial charge in [-0.25, -0.2) is 0 Å². The van der Waals surface area contributed by atoms with E-state index in [2.05, 4.69) is 38.8 Å². The van der Waals surface area contributed by atoms with Crippen molar-refractivity contribution in [2.75, 3.05) is 0 Å². The highest BCUT2D eigenvalue weighted by molar-refractivity contribution is 6.74. The van der Waals surface area contributed by atoms with Gasteiger partial charge in [0.15, 0.2) is 14.1 Å². The van der Waals surface area contributed by atoms with Gasteiger partial charge in [-0.3, -0.25) is 9.78 Å². The third-order valence-corrected chi connectivity index (χ3v) is 8.16. The van der Waals surface area contributed by atoms with Crippen LogP contribution in [0.15, 0.2) is 18.5 Å². The molecular weight excluding hydrogens is 242 g/mol. The molecule has 0 fully saturated rings. The zero-order chi connectivity index (χ0) is 14.0. The molecule has 1 rings (SSSR count). The molecule has 3 nitrogen and oxygen atoms in total. The largest absolute Gasteiger partial charge is 0.413 e. The second-order valence-corrected chi connectivity index (χ2v) is 10.9. The number of hydrogen-bond acceptors (Lipinski definition) is 3. The predicted octanol–water partition coefficient (Wildman–Crippen LogP) is 3.81. The van der Waals surface area contributed by atoms with Gasteiger partial charge in [-0.2, -0.15) is 0 Å².